The highest BCUT2D eigenvalue weighted by molar-refractivity contribution is 9.11. The maximum Gasteiger partial charge on any atom is 0.335 e. The lowest BCUT2D eigenvalue weighted by atomic mass is 10.2. The van der Waals surface area contributed by atoms with E-state index in [0.717, 1.165) is 5.75 Å². The summed E-state index contributed by atoms with van der Waals surface area (Å²) in [5.41, 5.74) is 0.182. The summed E-state index contributed by atoms with van der Waals surface area (Å²) in [5, 5.41) is 8.96. The van der Waals surface area contributed by atoms with Gasteiger partial charge in [0.15, 0.2) is 0 Å². The van der Waals surface area contributed by atoms with Gasteiger partial charge in [0.05, 0.1) is 14.5 Å². The standard InChI is InChI=1S/C15H12Br2O4/c16-12-8-10(15(18)19)9-13(17)14(12)21-7-6-20-11-4-2-1-3-5-11/h1-5,8-9H,6-7H2,(H,18,19). The van der Waals surface area contributed by atoms with Gasteiger partial charge in [-0.05, 0) is 56.1 Å². The van der Waals surface area contributed by atoms with Crippen LogP contribution in [-0.2, 0) is 0 Å². The third kappa shape index (κ3) is 4.47. The van der Waals surface area contributed by atoms with Crippen LogP contribution in [0, 0.1) is 0 Å². The van der Waals surface area contributed by atoms with Crippen molar-refractivity contribution in [2.75, 3.05) is 13.2 Å². The second kappa shape index (κ2) is 7.47. The van der Waals surface area contributed by atoms with Crippen LogP contribution in [0.2, 0.25) is 0 Å². The maximum atomic E-state index is 10.9. The molecule has 0 spiro atoms. The molecular formula is C15H12Br2O4. The third-order valence-electron chi connectivity index (χ3n) is 2.59. The van der Waals surface area contributed by atoms with Gasteiger partial charge < -0.3 is 14.6 Å². The molecule has 110 valence electrons. The fourth-order valence-corrected chi connectivity index (χ4v) is 3.06. The Bertz CT molecular complexity index is 606. The predicted octanol–water partition coefficient (Wildman–Crippen LogP) is 4.37. The largest absolute Gasteiger partial charge is 0.490 e. The maximum absolute atomic E-state index is 10.9. The lowest BCUT2D eigenvalue weighted by Gasteiger charge is -2.12. The molecule has 0 saturated carbocycles. The summed E-state index contributed by atoms with van der Waals surface area (Å²) in [6, 6.07) is 12.4. The van der Waals surface area contributed by atoms with Crippen LogP contribution in [0.5, 0.6) is 11.5 Å². The minimum absolute atomic E-state index is 0.182. The first-order valence-corrected chi connectivity index (χ1v) is 7.69. The number of halogens is 2. The van der Waals surface area contributed by atoms with Crippen molar-refractivity contribution in [3.8, 4) is 11.5 Å². The molecule has 2 aromatic rings. The Labute approximate surface area is 139 Å². The Balaban J connectivity index is 1.93. The first-order valence-electron chi connectivity index (χ1n) is 6.11. The van der Waals surface area contributed by atoms with Crippen molar-refractivity contribution < 1.29 is 19.4 Å². The van der Waals surface area contributed by atoms with Gasteiger partial charge in [-0.3, -0.25) is 0 Å². The van der Waals surface area contributed by atoms with Crippen LogP contribution in [0.25, 0.3) is 0 Å². The molecule has 0 bridgehead atoms. The predicted molar refractivity (Wildman–Crippen MR) is 86.2 cm³/mol. The van der Waals surface area contributed by atoms with Crippen LogP contribution >= 0.6 is 31.9 Å². The third-order valence-corrected chi connectivity index (χ3v) is 3.76. The monoisotopic (exact) mass is 414 g/mol. The molecule has 0 saturated heterocycles. The zero-order valence-electron chi connectivity index (χ0n) is 10.9. The Morgan fingerprint density at radius 1 is 1.00 bits per heavy atom. The fourth-order valence-electron chi connectivity index (χ4n) is 1.64. The number of carbonyl (C=O) groups is 1. The van der Waals surface area contributed by atoms with Crippen molar-refractivity contribution in [3.63, 3.8) is 0 Å². The quantitative estimate of drug-likeness (QED) is 0.711. The number of benzene rings is 2. The summed E-state index contributed by atoms with van der Waals surface area (Å²) < 4.78 is 12.3. The number of carboxylic acid groups (broad SMARTS) is 1. The molecule has 1 N–H and O–H groups in total. The molecule has 0 aliphatic heterocycles. The van der Waals surface area contributed by atoms with Crippen molar-refractivity contribution >= 4 is 37.8 Å². The zero-order valence-corrected chi connectivity index (χ0v) is 14.1. The van der Waals surface area contributed by atoms with Gasteiger partial charge in [-0.15, -0.1) is 0 Å². The molecule has 0 radical (unpaired) electrons. The van der Waals surface area contributed by atoms with Gasteiger partial charge in [0.2, 0.25) is 0 Å². The molecule has 0 heterocycles. The van der Waals surface area contributed by atoms with E-state index in [2.05, 4.69) is 31.9 Å². The molecular weight excluding hydrogens is 404 g/mol. The van der Waals surface area contributed by atoms with Crippen LogP contribution in [-0.4, -0.2) is 24.3 Å². The number of para-hydroxylation sites is 1. The summed E-state index contributed by atoms with van der Waals surface area (Å²) in [5.74, 6) is 0.340. The van der Waals surface area contributed by atoms with E-state index >= 15 is 0 Å². The molecule has 0 aliphatic carbocycles. The van der Waals surface area contributed by atoms with Crippen molar-refractivity contribution in [1.82, 2.24) is 0 Å². The van der Waals surface area contributed by atoms with Gasteiger partial charge in [0.25, 0.3) is 0 Å². The van der Waals surface area contributed by atoms with Gasteiger partial charge in [0.1, 0.15) is 24.7 Å². The Morgan fingerprint density at radius 2 is 1.57 bits per heavy atom. The Morgan fingerprint density at radius 3 is 2.14 bits per heavy atom. The number of aromatic carboxylic acids is 1. The first-order chi connectivity index (χ1) is 10.1. The second-order valence-corrected chi connectivity index (χ2v) is 5.79. The molecule has 0 atom stereocenters. The van der Waals surface area contributed by atoms with Crippen LogP contribution in [0.3, 0.4) is 0 Å². The SMILES string of the molecule is O=C(O)c1cc(Br)c(OCCOc2ccccc2)c(Br)c1. The summed E-state index contributed by atoms with van der Waals surface area (Å²) in [6.07, 6.45) is 0. The molecule has 2 aromatic carbocycles. The molecule has 0 unspecified atom stereocenters. The van der Waals surface area contributed by atoms with Gasteiger partial charge in [0, 0.05) is 0 Å². The highest BCUT2D eigenvalue weighted by Crippen LogP contribution is 2.34. The lowest BCUT2D eigenvalue weighted by Crippen LogP contribution is -2.10. The number of hydrogen-bond acceptors (Lipinski definition) is 3. The molecule has 6 heteroatoms. The zero-order chi connectivity index (χ0) is 15.2. The summed E-state index contributed by atoms with van der Waals surface area (Å²) in [4.78, 5) is 10.9. The van der Waals surface area contributed by atoms with E-state index < -0.39 is 5.97 Å². The van der Waals surface area contributed by atoms with E-state index in [1.54, 1.807) is 0 Å². The van der Waals surface area contributed by atoms with E-state index in [9.17, 15) is 4.79 Å². The smallest absolute Gasteiger partial charge is 0.335 e. The van der Waals surface area contributed by atoms with Crippen molar-refractivity contribution in [2.45, 2.75) is 0 Å². The number of carboxylic acids is 1. The van der Waals surface area contributed by atoms with Gasteiger partial charge in [-0.2, -0.15) is 0 Å². The minimum atomic E-state index is -0.990. The van der Waals surface area contributed by atoms with E-state index in [1.807, 2.05) is 30.3 Å². The van der Waals surface area contributed by atoms with Crippen molar-refractivity contribution in [3.05, 3.63) is 57.0 Å². The summed E-state index contributed by atoms with van der Waals surface area (Å²) in [7, 11) is 0. The molecule has 0 aromatic heterocycles. The first kappa shape index (κ1) is 15.9. The fraction of sp³-hybridized carbons (Fsp3) is 0.133. The highest BCUT2D eigenvalue weighted by atomic mass is 79.9. The average Bonchev–Trinajstić information content (AvgIpc) is 2.46. The van der Waals surface area contributed by atoms with E-state index in [-0.39, 0.29) is 5.56 Å². The summed E-state index contributed by atoms with van der Waals surface area (Å²) >= 11 is 6.61. The van der Waals surface area contributed by atoms with E-state index in [4.69, 9.17) is 14.6 Å². The molecule has 0 amide bonds. The Hall–Kier alpha value is -1.53. The minimum Gasteiger partial charge on any atom is -0.490 e. The van der Waals surface area contributed by atoms with Crippen molar-refractivity contribution in [1.29, 1.82) is 0 Å². The van der Waals surface area contributed by atoms with Gasteiger partial charge in [-0.1, -0.05) is 18.2 Å². The van der Waals surface area contributed by atoms with Gasteiger partial charge in [-0.25, -0.2) is 4.79 Å². The van der Waals surface area contributed by atoms with Gasteiger partial charge >= 0.3 is 5.97 Å². The number of ether oxygens (including phenoxy) is 2. The normalized spacial score (nSPS) is 10.2. The molecule has 4 nitrogen and oxygen atoms in total. The topological polar surface area (TPSA) is 55.8 Å². The lowest BCUT2D eigenvalue weighted by molar-refractivity contribution is 0.0696. The summed E-state index contributed by atoms with van der Waals surface area (Å²) in [6.45, 7) is 0.738. The number of rotatable bonds is 6. The van der Waals surface area contributed by atoms with E-state index in [0.29, 0.717) is 27.9 Å². The van der Waals surface area contributed by atoms with Crippen LogP contribution in [0.15, 0.2) is 51.4 Å². The Kier molecular flexibility index (Phi) is 5.64. The second-order valence-electron chi connectivity index (χ2n) is 4.08. The van der Waals surface area contributed by atoms with Crippen LogP contribution in [0.1, 0.15) is 10.4 Å². The average molecular weight is 416 g/mol. The van der Waals surface area contributed by atoms with Crippen LogP contribution in [0.4, 0.5) is 0 Å². The molecule has 21 heavy (non-hydrogen) atoms. The molecule has 0 fully saturated rings. The van der Waals surface area contributed by atoms with Crippen LogP contribution < -0.4 is 9.47 Å². The van der Waals surface area contributed by atoms with E-state index in [1.165, 1.54) is 12.1 Å². The van der Waals surface area contributed by atoms with Crippen molar-refractivity contribution in [2.24, 2.45) is 0 Å². The molecule has 2 rings (SSSR count). The molecule has 0 aliphatic rings. The highest BCUT2D eigenvalue weighted by Gasteiger charge is 2.12. The number of hydrogen-bond donors (Lipinski definition) is 1.